The maximum atomic E-state index is 13.4. The first kappa shape index (κ1) is 16.9. The number of rotatable bonds is 7. The van der Waals surface area contributed by atoms with E-state index in [2.05, 4.69) is 21.2 Å². The van der Waals surface area contributed by atoms with Gasteiger partial charge in [-0.15, -0.1) is 0 Å². The molecule has 2 N–H and O–H groups in total. The number of halogens is 2. The van der Waals surface area contributed by atoms with Gasteiger partial charge < -0.3 is 10.4 Å². The fourth-order valence-corrected chi connectivity index (χ4v) is 2.00. The van der Waals surface area contributed by atoms with Crippen molar-refractivity contribution in [3.8, 4) is 0 Å². The van der Waals surface area contributed by atoms with E-state index in [-0.39, 0.29) is 24.2 Å². The predicted octanol–water partition coefficient (Wildman–Crippen LogP) is 3.13. The second-order valence-electron chi connectivity index (χ2n) is 4.72. The summed E-state index contributed by atoms with van der Waals surface area (Å²) in [5.74, 6) is -0.367. The van der Waals surface area contributed by atoms with E-state index in [0.717, 1.165) is 17.3 Å². The molecule has 1 unspecified atom stereocenters. The highest BCUT2D eigenvalue weighted by Gasteiger charge is 2.02. The monoisotopic (exact) mass is 343 g/mol. The molecular formula is C15H19BrFNO2. The van der Waals surface area contributed by atoms with Crippen LogP contribution in [0.1, 0.15) is 25.3 Å². The summed E-state index contributed by atoms with van der Waals surface area (Å²) in [6.07, 6.45) is 4.44. The summed E-state index contributed by atoms with van der Waals surface area (Å²) in [5, 5.41) is 11.6. The number of carbonyl (C=O) groups excluding carboxylic acids is 1. The Kier molecular flexibility index (Phi) is 7.47. The van der Waals surface area contributed by atoms with Gasteiger partial charge in [-0.1, -0.05) is 22.9 Å². The van der Waals surface area contributed by atoms with Crippen molar-refractivity contribution in [3.05, 3.63) is 40.1 Å². The first-order chi connectivity index (χ1) is 9.52. The highest BCUT2D eigenvalue weighted by molar-refractivity contribution is 9.10. The Bertz CT molecular complexity index is 477. The van der Waals surface area contributed by atoms with Crippen LogP contribution in [-0.4, -0.2) is 24.2 Å². The molecule has 0 bridgehead atoms. The molecule has 0 heterocycles. The smallest absolute Gasteiger partial charge is 0.244 e. The van der Waals surface area contributed by atoms with E-state index in [0.29, 0.717) is 12.1 Å². The van der Waals surface area contributed by atoms with Gasteiger partial charge in [0.05, 0.1) is 0 Å². The van der Waals surface area contributed by atoms with Crippen LogP contribution in [0.4, 0.5) is 4.39 Å². The van der Waals surface area contributed by atoms with E-state index >= 15 is 0 Å². The van der Waals surface area contributed by atoms with Crippen molar-refractivity contribution < 1.29 is 14.3 Å². The van der Waals surface area contributed by atoms with Crippen molar-refractivity contribution in [3.63, 3.8) is 0 Å². The Morgan fingerprint density at radius 1 is 1.55 bits per heavy atom. The molecule has 0 radical (unpaired) electrons. The number of aliphatic hydroxyl groups is 1. The first-order valence-corrected chi connectivity index (χ1v) is 7.34. The molecule has 0 aliphatic heterocycles. The zero-order chi connectivity index (χ0) is 15.0. The Morgan fingerprint density at radius 2 is 2.30 bits per heavy atom. The maximum absolute atomic E-state index is 13.4. The fourth-order valence-electron chi connectivity index (χ4n) is 1.62. The number of nitrogens with one attached hydrogen (secondary N) is 1. The maximum Gasteiger partial charge on any atom is 0.244 e. The second kappa shape index (κ2) is 8.87. The normalized spacial score (nSPS) is 12.6. The summed E-state index contributed by atoms with van der Waals surface area (Å²) in [6.45, 7) is 2.67. The number of benzene rings is 1. The van der Waals surface area contributed by atoms with E-state index in [1.54, 1.807) is 12.1 Å². The molecule has 0 saturated carbocycles. The zero-order valence-electron chi connectivity index (χ0n) is 11.4. The molecule has 1 amide bonds. The number of carbonyl (C=O) groups is 1. The van der Waals surface area contributed by atoms with E-state index in [9.17, 15) is 9.18 Å². The van der Waals surface area contributed by atoms with Crippen LogP contribution in [0.2, 0.25) is 0 Å². The summed E-state index contributed by atoms with van der Waals surface area (Å²) in [5.41, 5.74) is 0.364. The highest BCUT2D eigenvalue weighted by Crippen LogP contribution is 2.16. The van der Waals surface area contributed by atoms with Gasteiger partial charge in [-0.3, -0.25) is 4.79 Å². The van der Waals surface area contributed by atoms with Gasteiger partial charge in [0.2, 0.25) is 5.91 Å². The van der Waals surface area contributed by atoms with Crippen LogP contribution in [0.15, 0.2) is 28.7 Å². The van der Waals surface area contributed by atoms with Crippen LogP contribution >= 0.6 is 15.9 Å². The first-order valence-electron chi connectivity index (χ1n) is 6.54. The van der Waals surface area contributed by atoms with Gasteiger partial charge >= 0.3 is 0 Å². The molecule has 5 heteroatoms. The molecule has 0 spiro atoms. The van der Waals surface area contributed by atoms with Gasteiger partial charge in [0.25, 0.3) is 0 Å². The van der Waals surface area contributed by atoms with Crippen LogP contribution in [0.3, 0.4) is 0 Å². The van der Waals surface area contributed by atoms with Crippen molar-refractivity contribution in [2.24, 2.45) is 5.92 Å². The van der Waals surface area contributed by atoms with Crippen LogP contribution in [0.25, 0.3) is 6.08 Å². The van der Waals surface area contributed by atoms with Gasteiger partial charge in [0.1, 0.15) is 5.82 Å². The molecule has 1 aromatic rings. The Hall–Kier alpha value is -1.20. The predicted molar refractivity (Wildman–Crippen MR) is 81.6 cm³/mol. The van der Waals surface area contributed by atoms with E-state index in [1.165, 1.54) is 18.2 Å². The molecule has 0 aromatic heterocycles. The fraction of sp³-hybridized carbons (Fsp3) is 0.400. The molecule has 20 heavy (non-hydrogen) atoms. The lowest BCUT2D eigenvalue weighted by molar-refractivity contribution is -0.116. The minimum absolute atomic E-state index is 0.163. The molecule has 110 valence electrons. The number of aliphatic hydroxyl groups excluding tert-OH is 1. The molecule has 1 atom stereocenters. The topological polar surface area (TPSA) is 49.3 Å². The van der Waals surface area contributed by atoms with Crippen LogP contribution in [0, 0.1) is 11.7 Å². The van der Waals surface area contributed by atoms with Crippen LogP contribution in [-0.2, 0) is 4.79 Å². The van der Waals surface area contributed by atoms with Crippen molar-refractivity contribution in [1.82, 2.24) is 5.32 Å². The van der Waals surface area contributed by atoms with Gasteiger partial charge in [-0.05, 0) is 43.0 Å². The van der Waals surface area contributed by atoms with Crippen LogP contribution in [0.5, 0.6) is 0 Å². The average Bonchev–Trinajstić information content (AvgIpc) is 2.44. The summed E-state index contributed by atoms with van der Waals surface area (Å²) in [7, 11) is 0. The summed E-state index contributed by atoms with van der Waals surface area (Å²) in [4.78, 5) is 11.5. The number of amides is 1. The number of hydrogen-bond donors (Lipinski definition) is 2. The molecule has 1 aromatic carbocycles. The number of hydrogen-bond acceptors (Lipinski definition) is 2. The molecular weight excluding hydrogens is 325 g/mol. The molecule has 0 aliphatic carbocycles. The van der Waals surface area contributed by atoms with Crippen molar-refractivity contribution in [1.29, 1.82) is 0 Å². The standard InChI is InChI=1S/C15H19BrFNO2/c1-11(10-19)3-2-8-18-15(20)7-4-12-9-13(16)5-6-14(12)17/h4-7,9,11,19H,2-3,8,10H2,1H3,(H,18,20)/b7-4+. The van der Waals surface area contributed by atoms with E-state index < -0.39 is 0 Å². The summed E-state index contributed by atoms with van der Waals surface area (Å²) in [6, 6.07) is 4.56. The molecule has 1 rings (SSSR count). The van der Waals surface area contributed by atoms with Gasteiger partial charge in [0, 0.05) is 29.3 Å². The van der Waals surface area contributed by atoms with Crippen molar-refractivity contribution in [2.75, 3.05) is 13.2 Å². The Labute approximate surface area is 127 Å². The van der Waals surface area contributed by atoms with E-state index in [1.807, 2.05) is 6.92 Å². The lowest BCUT2D eigenvalue weighted by Crippen LogP contribution is -2.22. The van der Waals surface area contributed by atoms with Gasteiger partial charge in [0.15, 0.2) is 0 Å². The second-order valence-corrected chi connectivity index (χ2v) is 5.64. The van der Waals surface area contributed by atoms with Gasteiger partial charge in [-0.2, -0.15) is 0 Å². The largest absolute Gasteiger partial charge is 0.396 e. The lowest BCUT2D eigenvalue weighted by Gasteiger charge is -2.07. The molecule has 0 aliphatic rings. The third-order valence-corrected chi connectivity index (χ3v) is 3.35. The summed E-state index contributed by atoms with van der Waals surface area (Å²) < 4.78 is 14.2. The zero-order valence-corrected chi connectivity index (χ0v) is 13.0. The SMILES string of the molecule is CC(CO)CCCNC(=O)/C=C/c1cc(Br)ccc1F. The summed E-state index contributed by atoms with van der Waals surface area (Å²) >= 11 is 3.25. The molecule has 3 nitrogen and oxygen atoms in total. The minimum Gasteiger partial charge on any atom is -0.396 e. The van der Waals surface area contributed by atoms with E-state index in [4.69, 9.17) is 5.11 Å². The lowest BCUT2D eigenvalue weighted by atomic mass is 10.1. The average molecular weight is 344 g/mol. The van der Waals surface area contributed by atoms with Crippen molar-refractivity contribution >= 4 is 27.9 Å². The third-order valence-electron chi connectivity index (χ3n) is 2.86. The van der Waals surface area contributed by atoms with Crippen molar-refractivity contribution in [2.45, 2.75) is 19.8 Å². The van der Waals surface area contributed by atoms with Crippen LogP contribution < -0.4 is 5.32 Å². The third kappa shape index (κ3) is 6.30. The Balaban J connectivity index is 2.38. The minimum atomic E-state index is -0.367. The highest BCUT2D eigenvalue weighted by atomic mass is 79.9. The quantitative estimate of drug-likeness (QED) is 0.590. The molecule has 0 saturated heterocycles. The Morgan fingerprint density at radius 3 is 3.00 bits per heavy atom. The molecule has 0 fully saturated rings. The van der Waals surface area contributed by atoms with Gasteiger partial charge in [-0.25, -0.2) is 4.39 Å².